The number of benzene rings is 2. The predicted octanol–water partition coefficient (Wildman–Crippen LogP) is 6.17. The molecule has 5 aromatic rings. The maximum Gasteiger partial charge on any atom is 0.119 e. The van der Waals surface area contributed by atoms with Gasteiger partial charge in [-0.15, -0.1) is 0 Å². The highest BCUT2D eigenvalue weighted by Crippen LogP contribution is 2.32. The Morgan fingerprint density at radius 3 is 2.80 bits per heavy atom. The van der Waals surface area contributed by atoms with Gasteiger partial charge in [0.25, 0.3) is 0 Å². The first-order valence-electron chi connectivity index (χ1n) is 11.3. The Morgan fingerprint density at radius 2 is 1.94 bits per heavy atom. The molecule has 0 saturated carbocycles. The van der Waals surface area contributed by atoms with Crippen LogP contribution in [-0.4, -0.2) is 24.7 Å². The van der Waals surface area contributed by atoms with Crippen LogP contribution in [0.3, 0.4) is 0 Å². The van der Waals surface area contributed by atoms with Gasteiger partial charge in [-0.3, -0.25) is 14.6 Å². The first-order valence-corrected chi connectivity index (χ1v) is 11.7. The highest BCUT2D eigenvalue weighted by atomic mass is 32.1. The van der Waals surface area contributed by atoms with Crippen LogP contribution in [-0.2, 0) is 6.54 Å². The highest BCUT2D eigenvalue weighted by Gasteiger charge is 2.15. The van der Waals surface area contributed by atoms with Gasteiger partial charge in [0.1, 0.15) is 5.69 Å². The molecule has 0 fully saturated rings. The van der Waals surface area contributed by atoms with E-state index >= 15 is 0 Å². The molecule has 5 rings (SSSR count). The molecule has 2 aromatic carbocycles. The summed E-state index contributed by atoms with van der Waals surface area (Å²) in [5.74, 6) is 0. The van der Waals surface area contributed by atoms with Crippen LogP contribution in [0.2, 0.25) is 0 Å². The minimum Gasteiger partial charge on any atom is -0.350 e. The molecule has 0 aliphatic heterocycles. The lowest BCUT2D eigenvalue weighted by atomic mass is 10.0. The van der Waals surface area contributed by atoms with Crippen LogP contribution in [0.4, 0.5) is 5.69 Å². The average Bonchev–Trinajstić information content (AvgIpc) is 3.32. The molecule has 0 aliphatic carbocycles. The zero-order chi connectivity index (χ0) is 24.2. The molecule has 170 valence electrons. The number of aromatic nitrogens is 4. The molecule has 1 N–H and O–H groups in total. The van der Waals surface area contributed by atoms with Gasteiger partial charge >= 0.3 is 0 Å². The van der Waals surface area contributed by atoms with Gasteiger partial charge in [-0.2, -0.15) is 10.4 Å². The summed E-state index contributed by atoms with van der Waals surface area (Å²) >= 11 is 5.56. The first-order chi connectivity index (χ1) is 17.1. The van der Waals surface area contributed by atoms with Gasteiger partial charge in [0.2, 0.25) is 0 Å². The summed E-state index contributed by atoms with van der Waals surface area (Å²) in [7, 11) is 0. The van der Waals surface area contributed by atoms with Crippen molar-refractivity contribution in [2.75, 3.05) is 5.32 Å². The number of rotatable bonds is 6. The summed E-state index contributed by atoms with van der Waals surface area (Å²) in [6, 6.07) is 25.6. The third-order valence-corrected chi connectivity index (χ3v) is 5.96. The number of nitriles is 1. The number of pyridine rings is 2. The summed E-state index contributed by atoms with van der Waals surface area (Å²) in [4.78, 5) is 9.84. The van der Waals surface area contributed by atoms with E-state index in [9.17, 15) is 0 Å². The fraction of sp³-hybridized carbons (Fsp3) is 0.107. The maximum atomic E-state index is 9.11. The number of fused-ring (bicyclic) bond motifs is 1. The standard InChI is InChI=1S/C28H22N6S/c1-19-5-2-9-26(31-19)28-24(21-10-11-25-22(16-21)7-4-13-30-25)18-34(33-28)14-12-27(35)32-23-8-3-6-20(15-23)17-29/h2-11,13,15-16,18H,12,14H2,1H3,(H,32,35). The second-order valence-electron chi connectivity index (χ2n) is 8.22. The van der Waals surface area contributed by atoms with Gasteiger partial charge in [0, 0.05) is 47.7 Å². The number of hydrogen-bond donors (Lipinski definition) is 1. The van der Waals surface area contributed by atoms with E-state index in [0.29, 0.717) is 23.5 Å². The van der Waals surface area contributed by atoms with Crippen molar-refractivity contribution in [1.29, 1.82) is 5.26 Å². The van der Waals surface area contributed by atoms with Crippen molar-refractivity contribution < 1.29 is 0 Å². The molecular weight excluding hydrogens is 452 g/mol. The Labute approximate surface area is 208 Å². The van der Waals surface area contributed by atoms with Gasteiger partial charge in [-0.25, -0.2) is 0 Å². The SMILES string of the molecule is Cc1cccc(-c2nn(CCC(=S)Nc3cccc(C#N)c3)cc2-c2ccc3ncccc3c2)n1. The topological polar surface area (TPSA) is 79.4 Å². The molecule has 0 aliphatic rings. The van der Waals surface area contributed by atoms with Crippen LogP contribution in [0.5, 0.6) is 0 Å². The van der Waals surface area contributed by atoms with E-state index in [1.54, 1.807) is 18.3 Å². The van der Waals surface area contributed by atoms with E-state index in [0.717, 1.165) is 44.8 Å². The van der Waals surface area contributed by atoms with Crippen LogP contribution >= 0.6 is 12.2 Å². The van der Waals surface area contributed by atoms with Gasteiger partial charge in [-0.1, -0.05) is 36.5 Å². The molecular formula is C28H22N6S. The van der Waals surface area contributed by atoms with Crippen LogP contribution < -0.4 is 5.32 Å². The Kier molecular flexibility index (Phi) is 6.29. The monoisotopic (exact) mass is 474 g/mol. The van der Waals surface area contributed by atoms with E-state index in [4.69, 9.17) is 27.6 Å². The first kappa shape index (κ1) is 22.4. The quantitative estimate of drug-likeness (QED) is 0.297. The predicted molar refractivity (Wildman–Crippen MR) is 143 cm³/mol. The zero-order valence-electron chi connectivity index (χ0n) is 19.1. The molecule has 3 heterocycles. The summed E-state index contributed by atoms with van der Waals surface area (Å²) in [5, 5.41) is 18.3. The largest absolute Gasteiger partial charge is 0.350 e. The van der Waals surface area contributed by atoms with Crippen molar-refractivity contribution in [2.45, 2.75) is 19.9 Å². The third kappa shape index (κ3) is 5.08. The number of thiocarbonyl (C=S) groups is 1. The van der Waals surface area contributed by atoms with Gasteiger partial charge in [0.15, 0.2) is 0 Å². The van der Waals surface area contributed by atoms with Crippen molar-refractivity contribution in [3.05, 3.63) is 96.4 Å². The minimum absolute atomic E-state index is 0.593. The number of hydrogen-bond acceptors (Lipinski definition) is 5. The molecule has 0 bridgehead atoms. The van der Waals surface area contributed by atoms with Gasteiger partial charge in [-0.05, 0) is 61.0 Å². The molecule has 0 atom stereocenters. The van der Waals surface area contributed by atoms with Gasteiger partial charge < -0.3 is 5.32 Å². The maximum absolute atomic E-state index is 9.11. The lowest BCUT2D eigenvalue weighted by Crippen LogP contribution is -2.13. The number of nitrogens with one attached hydrogen (secondary N) is 1. The van der Waals surface area contributed by atoms with E-state index in [1.807, 2.05) is 54.1 Å². The normalized spacial score (nSPS) is 10.7. The molecule has 6 nitrogen and oxygen atoms in total. The van der Waals surface area contributed by atoms with E-state index in [-0.39, 0.29) is 0 Å². The molecule has 0 amide bonds. The van der Waals surface area contributed by atoms with Crippen molar-refractivity contribution in [3.8, 4) is 28.6 Å². The fourth-order valence-electron chi connectivity index (χ4n) is 3.96. The number of nitrogens with zero attached hydrogens (tertiary/aromatic N) is 5. The fourth-order valence-corrected chi connectivity index (χ4v) is 4.17. The second-order valence-corrected chi connectivity index (χ2v) is 8.71. The average molecular weight is 475 g/mol. The molecule has 0 saturated heterocycles. The van der Waals surface area contributed by atoms with E-state index < -0.39 is 0 Å². The number of aryl methyl sites for hydroxylation is 2. The van der Waals surface area contributed by atoms with Gasteiger partial charge in [0.05, 0.1) is 27.8 Å². The Morgan fingerprint density at radius 1 is 1.06 bits per heavy atom. The smallest absolute Gasteiger partial charge is 0.119 e. The molecule has 0 unspecified atom stereocenters. The molecule has 35 heavy (non-hydrogen) atoms. The van der Waals surface area contributed by atoms with Crippen molar-refractivity contribution in [2.24, 2.45) is 0 Å². The van der Waals surface area contributed by atoms with Crippen LogP contribution in [0.15, 0.2) is 85.2 Å². The molecule has 0 spiro atoms. The Bertz CT molecular complexity index is 1580. The minimum atomic E-state index is 0.593. The molecule has 7 heteroatoms. The Balaban J connectivity index is 1.43. The number of anilines is 1. The molecule has 0 radical (unpaired) electrons. The summed E-state index contributed by atoms with van der Waals surface area (Å²) in [6.07, 6.45) is 4.46. The van der Waals surface area contributed by atoms with E-state index in [1.165, 1.54) is 0 Å². The molecule has 3 aromatic heterocycles. The van der Waals surface area contributed by atoms with E-state index in [2.05, 4.69) is 40.8 Å². The van der Waals surface area contributed by atoms with Crippen molar-refractivity contribution in [1.82, 2.24) is 19.7 Å². The van der Waals surface area contributed by atoms with Crippen molar-refractivity contribution in [3.63, 3.8) is 0 Å². The van der Waals surface area contributed by atoms with Crippen molar-refractivity contribution >= 4 is 33.8 Å². The third-order valence-electron chi connectivity index (χ3n) is 5.65. The lowest BCUT2D eigenvalue weighted by Gasteiger charge is -2.08. The van der Waals surface area contributed by atoms with Crippen LogP contribution in [0, 0.1) is 18.3 Å². The zero-order valence-corrected chi connectivity index (χ0v) is 20.0. The Hall–Kier alpha value is -4.41. The summed E-state index contributed by atoms with van der Waals surface area (Å²) < 4.78 is 1.92. The van der Waals surface area contributed by atoms with Crippen LogP contribution in [0.25, 0.3) is 33.4 Å². The summed E-state index contributed by atoms with van der Waals surface area (Å²) in [5.41, 5.74) is 7.03. The summed E-state index contributed by atoms with van der Waals surface area (Å²) in [6.45, 7) is 2.59. The van der Waals surface area contributed by atoms with Crippen LogP contribution in [0.1, 0.15) is 17.7 Å². The lowest BCUT2D eigenvalue weighted by molar-refractivity contribution is 0.638. The second kappa shape index (κ2) is 9.84. The highest BCUT2D eigenvalue weighted by molar-refractivity contribution is 7.80.